The van der Waals surface area contributed by atoms with Crippen LogP contribution in [0.2, 0.25) is 0 Å². The molecule has 1 amide bonds. The molecule has 0 atom stereocenters. The second-order valence-corrected chi connectivity index (χ2v) is 11.4. The Balaban J connectivity index is 1.33. The maximum Gasteiger partial charge on any atom is 0.235 e. The maximum atomic E-state index is 12.9. The van der Waals surface area contributed by atoms with Crippen molar-refractivity contribution in [3.63, 3.8) is 0 Å². The zero-order chi connectivity index (χ0) is 24.2. The number of anilines is 1. The van der Waals surface area contributed by atoms with E-state index in [1.165, 1.54) is 34.2 Å². The molecule has 1 aromatic carbocycles. The normalized spacial score (nSPS) is 13.6. The molecule has 35 heavy (non-hydrogen) atoms. The molecule has 1 aliphatic rings. The molecule has 1 aliphatic carbocycles. The number of hydrogen-bond donors (Lipinski definition) is 1. The molecule has 9 heteroatoms. The van der Waals surface area contributed by atoms with Crippen molar-refractivity contribution >= 4 is 55.4 Å². The van der Waals surface area contributed by atoms with Crippen molar-refractivity contribution < 1.29 is 4.79 Å². The highest BCUT2D eigenvalue weighted by molar-refractivity contribution is 7.99. The zero-order valence-electron chi connectivity index (χ0n) is 19.2. The maximum absolute atomic E-state index is 12.9. The first kappa shape index (κ1) is 23.8. The number of thioether (sulfide) groups is 1. The Hall–Kier alpha value is -2.93. The smallest absolute Gasteiger partial charge is 0.235 e. The standard InChI is InChI=1S/C26H25N5OS3/c1-2-13-31-24(20-15-33-21-11-8-7-10-18(20)21)29-30-26(31)34-16-23(32)28-25-19(14-27)17-9-5-3-4-6-12-22(17)35-25/h2,7-8,10-11,15H,1,3-6,9,12-13,16H2,(H,28,32). The van der Waals surface area contributed by atoms with Gasteiger partial charge in [0.1, 0.15) is 11.1 Å². The summed E-state index contributed by atoms with van der Waals surface area (Å²) in [6.45, 7) is 4.43. The molecule has 1 N–H and O–H groups in total. The SMILES string of the molecule is C=CCn1c(SCC(=O)Nc2sc3c(c2C#N)CCCCCC3)nnc1-c1csc2ccccc12. The van der Waals surface area contributed by atoms with Crippen LogP contribution in [0.1, 0.15) is 41.7 Å². The van der Waals surface area contributed by atoms with Crippen LogP contribution in [0.25, 0.3) is 21.5 Å². The Morgan fingerprint density at radius 2 is 2.06 bits per heavy atom. The molecule has 6 nitrogen and oxygen atoms in total. The number of fused-ring (bicyclic) bond motifs is 2. The van der Waals surface area contributed by atoms with Crippen LogP contribution in [0.5, 0.6) is 0 Å². The summed E-state index contributed by atoms with van der Waals surface area (Å²) < 4.78 is 3.19. The first-order chi connectivity index (χ1) is 17.2. The zero-order valence-corrected chi connectivity index (χ0v) is 21.7. The average Bonchev–Trinajstić information content (AvgIpc) is 3.53. The third kappa shape index (κ3) is 4.92. The van der Waals surface area contributed by atoms with Gasteiger partial charge >= 0.3 is 0 Å². The van der Waals surface area contributed by atoms with Crippen molar-refractivity contribution in [1.82, 2.24) is 14.8 Å². The highest BCUT2D eigenvalue weighted by Crippen LogP contribution is 2.37. The fourth-order valence-corrected chi connectivity index (χ4v) is 7.40. The Morgan fingerprint density at radius 1 is 1.23 bits per heavy atom. The fourth-order valence-electron chi connectivity index (χ4n) is 4.46. The Morgan fingerprint density at radius 3 is 2.89 bits per heavy atom. The number of carbonyl (C=O) groups excluding carboxylic acids is 1. The summed E-state index contributed by atoms with van der Waals surface area (Å²) in [5.41, 5.74) is 2.82. The van der Waals surface area contributed by atoms with E-state index in [2.05, 4.69) is 45.7 Å². The van der Waals surface area contributed by atoms with Gasteiger partial charge in [0.15, 0.2) is 11.0 Å². The van der Waals surface area contributed by atoms with E-state index in [0.29, 0.717) is 22.3 Å². The number of benzene rings is 1. The predicted molar refractivity (Wildman–Crippen MR) is 145 cm³/mol. The third-order valence-electron chi connectivity index (χ3n) is 6.12. The second kappa shape index (κ2) is 10.8. The second-order valence-electron chi connectivity index (χ2n) is 8.42. The molecular weight excluding hydrogens is 495 g/mol. The third-order valence-corrected chi connectivity index (χ3v) is 9.26. The first-order valence-electron chi connectivity index (χ1n) is 11.7. The average molecular weight is 520 g/mol. The fraction of sp³-hybridized carbons (Fsp3) is 0.308. The lowest BCUT2D eigenvalue weighted by atomic mass is 9.97. The van der Waals surface area contributed by atoms with Gasteiger partial charge in [0.25, 0.3) is 0 Å². The van der Waals surface area contributed by atoms with E-state index in [9.17, 15) is 10.1 Å². The minimum absolute atomic E-state index is 0.142. The van der Waals surface area contributed by atoms with Gasteiger partial charge in [0.05, 0.1) is 11.3 Å². The van der Waals surface area contributed by atoms with Crippen molar-refractivity contribution in [2.75, 3.05) is 11.1 Å². The molecule has 0 aliphatic heterocycles. The highest BCUT2D eigenvalue weighted by atomic mass is 32.2. The number of thiophene rings is 2. The number of nitriles is 1. The lowest BCUT2D eigenvalue weighted by molar-refractivity contribution is -0.113. The predicted octanol–water partition coefficient (Wildman–Crippen LogP) is 6.67. The van der Waals surface area contributed by atoms with Crippen LogP contribution in [0, 0.1) is 11.3 Å². The minimum atomic E-state index is -0.142. The van der Waals surface area contributed by atoms with E-state index >= 15 is 0 Å². The van der Waals surface area contributed by atoms with Gasteiger partial charge < -0.3 is 5.32 Å². The molecule has 0 radical (unpaired) electrons. The summed E-state index contributed by atoms with van der Waals surface area (Å²) in [7, 11) is 0. The molecule has 0 saturated heterocycles. The van der Waals surface area contributed by atoms with Gasteiger partial charge in [-0.25, -0.2) is 0 Å². The van der Waals surface area contributed by atoms with Crippen LogP contribution in [-0.2, 0) is 24.2 Å². The first-order valence-corrected chi connectivity index (χ1v) is 14.4. The van der Waals surface area contributed by atoms with Gasteiger partial charge in [-0.2, -0.15) is 5.26 Å². The van der Waals surface area contributed by atoms with Crippen LogP contribution >= 0.6 is 34.4 Å². The van der Waals surface area contributed by atoms with Crippen molar-refractivity contribution in [3.05, 3.63) is 58.3 Å². The lowest BCUT2D eigenvalue weighted by Crippen LogP contribution is -2.14. The lowest BCUT2D eigenvalue weighted by Gasteiger charge is -2.09. The van der Waals surface area contributed by atoms with Crippen LogP contribution in [0.3, 0.4) is 0 Å². The van der Waals surface area contributed by atoms with Gasteiger partial charge in [-0.05, 0) is 37.3 Å². The van der Waals surface area contributed by atoms with Gasteiger partial charge in [-0.15, -0.1) is 39.4 Å². The Bertz CT molecular complexity index is 1420. The highest BCUT2D eigenvalue weighted by Gasteiger charge is 2.22. The summed E-state index contributed by atoms with van der Waals surface area (Å²) in [5, 5.41) is 26.2. The summed E-state index contributed by atoms with van der Waals surface area (Å²) >= 11 is 4.59. The number of rotatable bonds is 7. The van der Waals surface area contributed by atoms with Crippen molar-refractivity contribution in [2.24, 2.45) is 0 Å². The number of aryl methyl sites for hydroxylation is 1. The Kier molecular flexibility index (Phi) is 7.32. The Labute approximate surface area is 216 Å². The topological polar surface area (TPSA) is 83.6 Å². The van der Waals surface area contributed by atoms with Crippen molar-refractivity contribution in [1.29, 1.82) is 5.26 Å². The molecular formula is C26H25N5OS3. The summed E-state index contributed by atoms with van der Waals surface area (Å²) in [6, 6.07) is 10.6. The van der Waals surface area contributed by atoms with Crippen molar-refractivity contribution in [3.8, 4) is 17.5 Å². The number of nitrogens with zero attached hydrogens (tertiary/aromatic N) is 4. The molecule has 0 fully saturated rings. The monoisotopic (exact) mass is 519 g/mol. The van der Waals surface area contributed by atoms with Gasteiger partial charge in [0, 0.05) is 32.5 Å². The largest absolute Gasteiger partial charge is 0.316 e. The number of allylic oxidation sites excluding steroid dienone is 1. The summed E-state index contributed by atoms with van der Waals surface area (Å²) in [6.07, 6.45) is 8.39. The molecule has 178 valence electrons. The molecule has 0 unspecified atom stereocenters. The number of carbonyl (C=O) groups is 1. The molecule has 4 aromatic rings. The number of hydrogen-bond acceptors (Lipinski definition) is 7. The molecule has 0 spiro atoms. The van der Waals surface area contributed by atoms with Crippen LogP contribution in [0.4, 0.5) is 5.00 Å². The molecule has 0 saturated carbocycles. The molecule has 3 heterocycles. The van der Waals surface area contributed by atoms with E-state index in [-0.39, 0.29) is 11.7 Å². The molecule has 3 aromatic heterocycles. The minimum Gasteiger partial charge on any atom is -0.316 e. The van der Waals surface area contributed by atoms with E-state index < -0.39 is 0 Å². The van der Waals surface area contributed by atoms with Crippen molar-refractivity contribution in [2.45, 2.75) is 50.2 Å². The van der Waals surface area contributed by atoms with Gasteiger partial charge in [-0.1, -0.05) is 48.9 Å². The van der Waals surface area contributed by atoms with Crippen LogP contribution in [-0.4, -0.2) is 26.4 Å². The quantitative estimate of drug-likeness (QED) is 0.218. The number of amides is 1. The van der Waals surface area contributed by atoms with Crippen LogP contribution in [0.15, 0.2) is 47.5 Å². The molecule has 0 bridgehead atoms. The number of nitrogens with one attached hydrogen (secondary N) is 1. The van der Waals surface area contributed by atoms with Gasteiger partial charge in [-0.3, -0.25) is 9.36 Å². The van der Waals surface area contributed by atoms with E-state index in [1.807, 2.05) is 22.8 Å². The van der Waals surface area contributed by atoms with E-state index in [0.717, 1.165) is 48.0 Å². The van der Waals surface area contributed by atoms with E-state index in [1.54, 1.807) is 22.7 Å². The summed E-state index contributed by atoms with van der Waals surface area (Å²) in [5.74, 6) is 0.819. The van der Waals surface area contributed by atoms with Crippen LogP contribution < -0.4 is 5.32 Å². The summed E-state index contributed by atoms with van der Waals surface area (Å²) in [4.78, 5) is 14.1. The van der Waals surface area contributed by atoms with E-state index in [4.69, 9.17) is 0 Å². The number of aromatic nitrogens is 3. The van der Waals surface area contributed by atoms with Gasteiger partial charge in [0.2, 0.25) is 5.91 Å². The molecule has 5 rings (SSSR count).